The third-order valence-corrected chi connectivity index (χ3v) is 3.99. The molecule has 10 heteroatoms. The van der Waals surface area contributed by atoms with E-state index in [4.69, 9.17) is 0 Å². The Morgan fingerprint density at radius 2 is 1.83 bits per heavy atom. The van der Waals surface area contributed by atoms with E-state index in [1.165, 1.54) is 37.3 Å². The zero-order valence-corrected chi connectivity index (χ0v) is 13.2. The molecule has 0 aliphatic heterocycles. The van der Waals surface area contributed by atoms with E-state index in [0.717, 1.165) is 0 Å². The highest BCUT2D eigenvalue weighted by Gasteiger charge is 2.16. The normalized spacial score (nSPS) is 11.0. The van der Waals surface area contributed by atoms with Crippen LogP contribution < -0.4 is 15.6 Å². The number of aromatic nitrogens is 2. The van der Waals surface area contributed by atoms with Gasteiger partial charge in [0.2, 0.25) is 5.91 Å². The third kappa shape index (κ3) is 4.37. The predicted molar refractivity (Wildman–Crippen MR) is 81.9 cm³/mol. The summed E-state index contributed by atoms with van der Waals surface area (Å²) < 4.78 is 24.1. The molecule has 0 saturated heterocycles. The smallest absolute Gasteiger partial charge is 0.286 e. The standard InChI is InChI=1S/C13H15N5O4S/c1-8-7-12(16-15-8)13(20)17-18-23(21,22)11-5-3-10(4-6-11)14-9(2)19/h3-7,18H,1-2H3,(H,14,19)(H,15,16)(H,17,20). The molecule has 122 valence electrons. The van der Waals surface area contributed by atoms with Gasteiger partial charge >= 0.3 is 0 Å². The first kappa shape index (κ1) is 16.6. The second-order valence-corrected chi connectivity index (χ2v) is 6.38. The summed E-state index contributed by atoms with van der Waals surface area (Å²) in [6, 6.07) is 6.96. The molecule has 0 unspecified atom stereocenters. The summed E-state index contributed by atoms with van der Waals surface area (Å²) in [5, 5.41) is 8.82. The molecule has 0 aliphatic rings. The third-order valence-electron chi connectivity index (χ3n) is 2.72. The summed E-state index contributed by atoms with van der Waals surface area (Å²) in [6.07, 6.45) is 0. The molecule has 23 heavy (non-hydrogen) atoms. The highest BCUT2D eigenvalue weighted by molar-refractivity contribution is 7.89. The van der Waals surface area contributed by atoms with Crippen LogP contribution in [-0.2, 0) is 14.8 Å². The number of carbonyl (C=O) groups is 2. The zero-order chi connectivity index (χ0) is 17.0. The van der Waals surface area contributed by atoms with Gasteiger partial charge in [0.25, 0.3) is 15.9 Å². The Bertz CT molecular complexity index is 826. The van der Waals surface area contributed by atoms with Crippen molar-refractivity contribution >= 4 is 27.5 Å². The second-order valence-electron chi connectivity index (χ2n) is 4.70. The number of rotatable bonds is 5. The number of nitrogens with one attached hydrogen (secondary N) is 4. The molecule has 0 saturated carbocycles. The van der Waals surface area contributed by atoms with Gasteiger partial charge in [-0.05, 0) is 37.3 Å². The number of H-pyrrole nitrogens is 1. The van der Waals surface area contributed by atoms with Gasteiger partial charge in [-0.25, -0.2) is 8.42 Å². The van der Waals surface area contributed by atoms with Gasteiger partial charge in [-0.1, -0.05) is 0 Å². The van der Waals surface area contributed by atoms with Gasteiger partial charge in [-0.3, -0.25) is 20.1 Å². The summed E-state index contributed by atoms with van der Waals surface area (Å²) in [5.41, 5.74) is 3.27. The van der Waals surface area contributed by atoms with Gasteiger partial charge in [0.1, 0.15) is 0 Å². The van der Waals surface area contributed by atoms with E-state index < -0.39 is 15.9 Å². The van der Waals surface area contributed by atoms with Crippen LogP contribution >= 0.6 is 0 Å². The van der Waals surface area contributed by atoms with Crippen LogP contribution in [0.1, 0.15) is 23.1 Å². The lowest BCUT2D eigenvalue weighted by molar-refractivity contribution is -0.114. The molecule has 2 rings (SSSR count). The van der Waals surface area contributed by atoms with Gasteiger partial charge in [0.05, 0.1) is 4.90 Å². The maximum Gasteiger partial charge on any atom is 0.286 e. The average molecular weight is 337 g/mol. The summed E-state index contributed by atoms with van der Waals surface area (Å²) in [4.78, 5) is 24.6. The van der Waals surface area contributed by atoms with Gasteiger partial charge in [0.15, 0.2) is 5.69 Å². The van der Waals surface area contributed by atoms with Crippen LogP contribution in [0.3, 0.4) is 0 Å². The summed E-state index contributed by atoms with van der Waals surface area (Å²) in [7, 11) is -3.93. The first-order chi connectivity index (χ1) is 10.8. The van der Waals surface area contributed by atoms with Crippen LogP contribution in [0.15, 0.2) is 35.2 Å². The van der Waals surface area contributed by atoms with Crippen molar-refractivity contribution in [2.24, 2.45) is 0 Å². The van der Waals surface area contributed by atoms with E-state index in [-0.39, 0.29) is 16.5 Å². The molecule has 1 aromatic heterocycles. The number of hydrogen-bond donors (Lipinski definition) is 4. The van der Waals surface area contributed by atoms with E-state index in [0.29, 0.717) is 11.4 Å². The van der Waals surface area contributed by atoms with Crippen molar-refractivity contribution in [2.45, 2.75) is 18.7 Å². The monoisotopic (exact) mass is 337 g/mol. The fraction of sp³-hybridized carbons (Fsp3) is 0.154. The van der Waals surface area contributed by atoms with E-state index in [9.17, 15) is 18.0 Å². The Morgan fingerprint density at radius 3 is 2.35 bits per heavy atom. The largest absolute Gasteiger partial charge is 0.326 e. The molecule has 0 radical (unpaired) electrons. The molecule has 0 spiro atoms. The number of anilines is 1. The van der Waals surface area contributed by atoms with Gasteiger partial charge < -0.3 is 5.32 Å². The summed E-state index contributed by atoms with van der Waals surface area (Å²) in [6.45, 7) is 3.06. The molecule has 1 aromatic carbocycles. The molecule has 2 amide bonds. The Hall–Kier alpha value is -2.72. The molecule has 2 aromatic rings. The molecule has 0 atom stereocenters. The molecule has 0 fully saturated rings. The Morgan fingerprint density at radius 1 is 1.17 bits per heavy atom. The van der Waals surface area contributed by atoms with Crippen LogP contribution in [0.4, 0.5) is 5.69 Å². The highest BCUT2D eigenvalue weighted by Crippen LogP contribution is 2.13. The fourth-order valence-corrected chi connectivity index (χ4v) is 2.53. The predicted octanol–water partition coefficient (Wildman–Crippen LogP) is 0.300. The summed E-state index contributed by atoms with van der Waals surface area (Å²) >= 11 is 0. The molecular weight excluding hydrogens is 322 g/mol. The van der Waals surface area contributed by atoms with Crippen molar-refractivity contribution in [1.29, 1.82) is 0 Å². The van der Waals surface area contributed by atoms with E-state index in [1.54, 1.807) is 6.92 Å². The van der Waals surface area contributed by atoms with E-state index >= 15 is 0 Å². The van der Waals surface area contributed by atoms with Crippen molar-refractivity contribution < 1.29 is 18.0 Å². The number of aromatic amines is 1. The lowest BCUT2D eigenvalue weighted by atomic mass is 10.3. The van der Waals surface area contributed by atoms with Crippen LogP contribution in [0, 0.1) is 6.92 Å². The lowest BCUT2D eigenvalue weighted by Crippen LogP contribution is -2.41. The van der Waals surface area contributed by atoms with Crippen molar-refractivity contribution in [2.75, 3.05) is 5.32 Å². The molecular formula is C13H15N5O4S. The highest BCUT2D eigenvalue weighted by atomic mass is 32.2. The van der Waals surface area contributed by atoms with E-state index in [2.05, 4.69) is 20.9 Å². The topological polar surface area (TPSA) is 133 Å². The van der Waals surface area contributed by atoms with Crippen LogP contribution in [0.2, 0.25) is 0 Å². The van der Waals surface area contributed by atoms with Crippen LogP contribution in [-0.4, -0.2) is 30.4 Å². The lowest BCUT2D eigenvalue weighted by Gasteiger charge is -2.08. The number of aryl methyl sites for hydroxylation is 1. The quantitative estimate of drug-likeness (QED) is 0.582. The number of hydrogen-bond acceptors (Lipinski definition) is 5. The number of amides is 2. The van der Waals surface area contributed by atoms with Crippen LogP contribution in [0.25, 0.3) is 0 Å². The zero-order valence-electron chi connectivity index (χ0n) is 12.4. The van der Waals surface area contributed by atoms with Gasteiger partial charge in [-0.15, -0.1) is 4.83 Å². The number of sulfonamides is 1. The van der Waals surface area contributed by atoms with Crippen LogP contribution in [0.5, 0.6) is 0 Å². The minimum Gasteiger partial charge on any atom is -0.326 e. The van der Waals surface area contributed by atoms with Gasteiger partial charge in [-0.2, -0.15) is 5.10 Å². The molecule has 0 aliphatic carbocycles. The van der Waals surface area contributed by atoms with Crippen molar-refractivity contribution in [1.82, 2.24) is 20.5 Å². The number of hydrazine groups is 1. The Kier molecular flexibility index (Phi) is 4.77. The number of nitrogens with zero attached hydrogens (tertiary/aromatic N) is 1. The van der Waals surface area contributed by atoms with E-state index in [1.807, 2.05) is 4.83 Å². The molecule has 4 N–H and O–H groups in total. The van der Waals surface area contributed by atoms with Crippen molar-refractivity contribution in [3.05, 3.63) is 41.7 Å². The molecule has 1 heterocycles. The average Bonchev–Trinajstić information content (AvgIpc) is 2.91. The van der Waals surface area contributed by atoms with Crippen molar-refractivity contribution in [3.8, 4) is 0 Å². The van der Waals surface area contributed by atoms with Gasteiger partial charge in [0, 0.05) is 18.3 Å². The number of carbonyl (C=O) groups excluding carboxylic acids is 2. The Balaban J connectivity index is 2.03. The summed E-state index contributed by atoms with van der Waals surface area (Å²) in [5.74, 6) is -0.951. The maximum atomic E-state index is 12.1. The first-order valence-electron chi connectivity index (χ1n) is 6.50. The fourth-order valence-electron chi connectivity index (χ4n) is 1.69. The second kappa shape index (κ2) is 6.58. The van der Waals surface area contributed by atoms with Crippen molar-refractivity contribution in [3.63, 3.8) is 0 Å². The SMILES string of the molecule is CC(=O)Nc1ccc(S(=O)(=O)NNC(=O)c2cc(C)[nH]n2)cc1. The number of benzene rings is 1. The maximum absolute atomic E-state index is 12.1. The minimum absolute atomic E-state index is 0.0613. The Labute approximate surface area is 132 Å². The molecule has 9 nitrogen and oxygen atoms in total. The first-order valence-corrected chi connectivity index (χ1v) is 7.98. The molecule has 0 bridgehead atoms. The minimum atomic E-state index is -3.93.